The highest BCUT2D eigenvalue weighted by Gasteiger charge is 2.20. The summed E-state index contributed by atoms with van der Waals surface area (Å²) < 4.78 is 0. The molecule has 0 atom stereocenters. The third-order valence-corrected chi connectivity index (χ3v) is 6.64. The van der Waals surface area contributed by atoms with Crippen molar-refractivity contribution in [1.82, 2.24) is 5.32 Å². The zero-order valence-electron chi connectivity index (χ0n) is 21.0. The van der Waals surface area contributed by atoms with Gasteiger partial charge in [0.1, 0.15) is 0 Å². The summed E-state index contributed by atoms with van der Waals surface area (Å²) in [6.07, 6.45) is 1.60. The molecule has 0 heterocycles. The van der Waals surface area contributed by atoms with E-state index >= 15 is 0 Å². The van der Waals surface area contributed by atoms with E-state index in [1.165, 1.54) is 27.1 Å². The number of benzene rings is 4. The Morgan fingerprint density at radius 3 is 2.36 bits per heavy atom. The number of carbonyl (C=O) groups is 1. The number of fused-ring (bicyclic) bond motifs is 2. The molecule has 0 aliphatic carbocycles. The molecule has 0 saturated carbocycles. The maximum absolute atomic E-state index is 11.9. The number of amides is 1. The molecule has 4 aromatic rings. The average molecular weight is 480 g/mol. The van der Waals surface area contributed by atoms with E-state index in [9.17, 15) is 14.8 Å². The first-order valence-electron chi connectivity index (χ1n) is 12.5. The summed E-state index contributed by atoms with van der Waals surface area (Å²) in [5, 5.41) is 27.6. The minimum Gasteiger partial charge on any atom is -0.423 e. The molecule has 0 fully saturated rings. The summed E-state index contributed by atoms with van der Waals surface area (Å²) in [6, 6.07) is 24.7. The molecule has 184 valence electrons. The molecule has 0 bridgehead atoms. The van der Waals surface area contributed by atoms with Gasteiger partial charge in [-0.15, -0.1) is 0 Å². The first kappa shape index (κ1) is 25.5. The SMILES string of the molecule is C=C(C)C(=O)NCCCN(Cc1ccccc1B(O)O)c1ccc2cc3ccccc3cc2c1CC. The molecule has 0 aliphatic rings. The molecule has 0 radical (unpaired) electrons. The summed E-state index contributed by atoms with van der Waals surface area (Å²) in [7, 11) is -1.54. The van der Waals surface area contributed by atoms with Crippen molar-refractivity contribution in [1.29, 1.82) is 0 Å². The lowest BCUT2D eigenvalue weighted by Crippen LogP contribution is -2.37. The molecule has 0 spiro atoms. The van der Waals surface area contributed by atoms with Gasteiger partial charge in [-0.1, -0.05) is 68.1 Å². The lowest BCUT2D eigenvalue weighted by Gasteiger charge is -2.29. The second-order valence-corrected chi connectivity index (χ2v) is 9.22. The minimum absolute atomic E-state index is 0.137. The first-order chi connectivity index (χ1) is 17.4. The Labute approximate surface area is 213 Å². The normalized spacial score (nSPS) is 11.0. The fourth-order valence-corrected chi connectivity index (χ4v) is 4.78. The molecule has 3 N–H and O–H groups in total. The molecule has 0 aliphatic heterocycles. The van der Waals surface area contributed by atoms with Crippen LogP contribution in [0.1, 0.15) is 31.4 Å². The van der Waals surface area contributed by atoms with Crippen LogP contribution in [0.15, 0.2) is 84.9 Å². The molecule has 6 heteroatoms. The number of hydrogen-bond donors (Lipinski definition) is 3. The Hall–Kier alpha value is -3.61. The smallest absolute Gasteiger partial charge is 0.423 e. The van der Waals surface area contributed by atoms with E-state index in [-0.39, 0.29) is 5.91 Å². The predicted octanol–water partition coefficient (Wildman–Crippen LogP) is 4.32. The third-order valence-electron chi connectivity index (χ3n) is 6.64. The number of carbonyl (C=O) groups excluding carboxylic acids is 1. The monoisotopic (exact) mass is 480 g/mol. The van der Waals surface area contributed by atoms with Crippen molar-refractivity contribution in [2.75, 3.05) is 18.0 Å². The van der Waals surface area contributed by atoms with Gasteiger partial charge in [-0.2, -0.15) is 0 Å². The van der Waals surface area contributed by atoms with Crippen LogP contribution in [0.4, 0.5) is 5.69 Å². The van der Waals surface area contributed by atoms with Crippen LogP contribution in [0.5, 0.6) is 0 Å². The molecule has 4 aromatic carbocycles. The Balaban J connectivity index is 1.73. The summed E-state index contributed by atoms with van der Waals surface area (Å²) in [6.45, 7) is 9.32. The Bertz CT molecular complexity index is 1400. The summed E-state index contributed by atoms with van der Waals surface area (Å²) >= 11 is 0. The maximum Gasteiger partial charge on any atom is 0.488 e. The molecule has 36 heavy (non-hydrogen) atoms. The first-order valence-corrected chi connectivity index (χ1v) is 12.5. The van der Waals surface area contributed by atoms with Crippen molar-refractivity contribution in [2.45, 2.75) is 33.2 Å². The quantitative estimate of drug-likeness (QED) is 0.137. The third kappa shape index (κ3) is 5.61. The van der Waals surface area contributed by atoms with Gasteiger partial charge in [-0.05, 0) is 76.1 Å². The predicted molar refractivity (Wildman–Crippen MR) is 151 cm³/mol. The molecular weight excluding hydrogens is 447 g/mol. The molecule has 0 unspecified atom stereocenters. The highest BCUT2D eigenvalue weighted by Crippen LogP contribution is 2.33. The van der Waals surface area contributed by atoms with E-state index in [1.54, 1.807) is 13.0 Å². The van der Waals surface area contributed by atoms with Crippen molar-refractivity contribution in [3.05, 3.63) is 96.1 Å². The second kappa shape index (κ2) is 11.4. The summed E-state index contributed by atoms with van der Waals surface area (Å²) in [5.41, 5.74) is 4.23. The van der Waals surface area contributed by atoms with Crippen molar-refractivity contribution < 1.29 is 14.8 Å². The second-order valence-electron chi connectivity index (χ2n) is 9.22. The Morgan fingerprint density at radius 1 is 0.972 bits per heavy atom. The standard InChI is InChI=1S/C30H33BN2O3/c1-4-26-27-19-23-11-6-5-10-22(23)18-24(27)14-15-29(26)33(17-9-16-32-30(34)21(2)3)20-25-12-7-8-13-28(25)31(35)36/h5-8,10-15,18-19,35-36H,2,4,9,16-17,20H2,1,3H3,(H,32,34). The van der Waals surface area contributed by atoms with Gasteiger partial charge in [0, 0.05) is 30.9 Å². The van der Waals surface area contributed by atoms with Crippen molar-refractivity contribution in [3.63, 3.8) is 0 Å². The van der Waals surface area contributed by atoms with E-state index < -0.39 is 7.12 Å². The number of hydrogen-bond acceptors (Lipinski definition) is 4. The van der Waals surface area contributed by atoms with Crippen molar-refractivity contribution in [3.8, 4) is 0 Å². The average Bonchev–Trinajstić information content (AvgIpc) is 2.88. The van der Waals surface area contributed by atoms with Gasteiger partial charge in [-0.3, -0.25) is 4.79 Å². The Kier molecular flexibility index (Phi) is 8.09. The highest BCUT2D eigenvalue weighted by atomic mass is 16.4. The number of anilines is 1. The largest absolute Gasteiger partial charge is 0.488 e. The molecule has 5 nitrogen and oxygen atoms in total. The van der Waals surface area contributed by atoms with Crippen molar-refractivity contribution in [2.24, 2.45) is 0 Å². The fourth-order valence-electron chi connectivity index (χ4n) is 4.78. The van der Waals surface area contributed by atoms with Crippen LogP contribution < -0.4 is 15.7 Å². The molecule has 0 aromatic heterocycles. The van der Waals surface area contributed by atoms with E-state index in [1.807, 2.05) is 18.2 Å². The van der Waals surface area contributed by atoms with Gasteiger partial charge in [0.2, 0.25) is 5.91 Å². The molecule has 0 saturated heterocycles. The van der Waals surface area contributed by atoms with Gasteiger partial charge in [0.25, 0.3) is 0 Å². The van der Waals surface area contributed by atoms with Crippen molar-refractivity contribution >= 4 is 45.7 Å². The molecule has 1 amide bonds. The minimum atomic E-state index is -1.54. The maximum atomic E-state index is 11.9. The number of nitrogens with one attached hydrogen (secondary N) is 1. The van der Waals surface area contributed by atoms with E-state index in [4.69, 9.17) is 0 Å². The van der Waals surface area contributed by atoms with E-state index in [0.29, 0.717) is 30.7 Å². The lowest BCUT2D eigenvalue weighted by atomic mass is 9.77. The van der Waals surface area contributed by atoms with Crippen LogP contribution in [-0.4, -0.2) is 36.2 Å². The van der Waals surface area contributed by atoms with Crippen LogP contribution in [0, 0.1) is 0 Å². The van der Waals surface area contributed by atoms with Crippen LogP contribution >= 0.6 is 0 Å². The van der Waals surface area contributed by atoms with Gasteiger partial charge >= 0.3 is 7.12 Å². The Morgan fingerprint density at radius 2 is 1.67 bits per heavy atom. The fraction of sp³-hybridized carbons (Fsp3) is 0.233. The van der Waals surface area contributed by atoms with Gasteiger partial charge < -0.3 is 20.3 Å². The van der Waals surface area contributed by atoms with Crippen LogP contribution in [-0.2, 0) is 17.8 Å². The van der Waals surface area contributed by atoms with Crippen LogP contribution in [0.2, 0.25) is 0 Å². The zero-order valence-corrected chi connectivity index (χ0v) is 21.0. The zero-order chi connectivity index (χ0) is 25.7. The van der Waals surface area contributed by atoms with E-state index in [2.05, 4.69) is 72.3 Å². The number of rotatable bonds is 10. The van der Waals surface area contributed by atoms with Gasteiger partial charge in [0.15, 0.2) is 0 Å². The number of nitrogens with zero attached hydrogens (tertiary/aromatic N) is 1. The molecular formula is C30H33BN2O3. The topological polar surface area (TPSA) is 72.8 Å². The van der Waals surface area contributed by atoms with Crippen LogP contribution in [0.3, 0.4) is 0 Å². The lowest BCUT2D eigenvalue weighted by molar-refractivity contribution is -0.117. The van der Waals surface area contributed by atoms with Crippen LogP contribution in [0.25, 0.3) is 21.5 Å². The summed E-state index contributed by atoms with van der Waals surface area (Å²) in [5.74, 6) is -0.137. The van der Waals surface area contributed by atoms with Gasteiger partial charge in [-0.25, -0.2) is 0 Å². The molecule has 4 rings (SSSR count). The summed E-state index contributed by atoms with van der Waals surface area (Å²) in [4.78, 5) is 14.2. The number of aryl methyl sites for hydroxylation is 1. The van der Waals surface area contributed by atoms with E-state index in [0.717, 1.165) is 24.1 Å². The van der Waals surface area contributed by atoms with Gasteiger partial charge in [0.05, 0.1) is 0 Å². The highest BCUT2D eigenvalue weighted by molar-refractivity contribution is 6.59.